The third-order valence-electron chi connectivity index (χ3n) is 4.03. The summed E-state index contributed by atoms with van der Waals surface area (Å²) in [6.07, 6.45) is 6.68. The molecular weight excluding hydrogens is 150 g/mol. The van der Waals surface area contributed by atoms with E-state index in [-0.39, 0.29) is 5.60 Å². The van der Waals surface area contributed by atoms with E-state index in [1.54, 1.807) is 0 Å². The first-order valence-corrected chi connectivity index (χ1v) is 5.07. The number of fused-ring (bicyclic) bond motifs is 1. The Morgan fingerprint density at radius 1 is 1.42 bits per heavy atom. The first-order chi connectivity index (χ1) is 5.82. The second-order valence-electron chi connectivity index (χ2n) is 4.31. The molecule has 2 aliphatic carbocycles. The monoisotopic (exact) mass is 169 g/mol. The lowest BCUT2D eigenvalue weighted by atomic mass is 9.87. The first-order valence-electron chi connectivity index (χ1n) is 5.07. The van der Waals surface area contributed by atoms with Gasteiger partial charge in [-0.05, 0) is 31.1 Å². The normalized spacial score (nSPS) is 46.5. The van der Waals surface area contributed by atoms with Crippen molar-refractivity contribution in [1.82, 2.24) is 0 Å². The summed E-state index contributed by atoms with van der Waals surface area (Å²) in [5, 5.41) is 0. The van der Waals surface area contributed by atoms with Gasteiger partial charge in [0.25, 0.3) is 0 Å². The summed E-state index contributed by atoms with van der Waals surface area (Å²) in [6.45, 7) is 0.713. The minimum absolute atomic E-state index is 0.0567. The lowest BCUT2D eigenvalue weighted by Crippen LogP contribution is -2.43. The van der Waals surface area contributed by atoms with Crippen molar-refractivity contribution in [3.05, 3.63) is 0 Å². The van der Waals surface area contributed by atoms with Gasteiger partial charge in [0.1, 0.15) is 0 Å². The Balaban J connectivity index is 2.15. The van der Waals surface area contributed by atoms with Crippen molar-refractivity contribution < 1.29 is 4.74 Å². The fraction of sp³-hybridized carbons (Fsp3) is 1.00. The molecule has 0 aromatic rings. The highest BCUT2D eigenvalue weighted by molar-refractivity contribution is 5.01. The Bertz CT molecular complexity index is 165. The summed E-state index contributed by atoms with van der Waals surface area (Å²) in [5.74, 6) is 1.70. The maximum atomic E-state index is 5.81. The summed E-state index contributed by atoms with van der Waals surface area (Å²) in [4.78, 5) is 0. The molecule has 0 aromatic carbocycles. The number of nitrogens with two attached hydrogens (primary N) is 1. The summed E-state index contributed by atoms with van der Waals surface area (Å²) in [6, 6.07) is 0. The number of hydrogen-bond acceptors (Lipinski definition) is 2. The first kappa shape index (κ1) is 8.52. The Morgan fingerprint density at radius 2 is 2.25 bits per heavy atom. The minimum atomic E-state index is 0.0567. The smallest absolute Gasteiger partial charge is 0.0831 e. The van der Waals surface area contributed by atoms with E-state index < -0.39 is 0 Å². The van der Waals surface area contributed by atoms with Crippen LogP contribution in [0.5, 0.6) is 0 Å². The van der Waals surface area contributed by atoms with E-state index in [4.69, 9.17) is 10.5 Å². The topological polar surface area (TPSA) is 35.2 Å². The van der Waals surface area contributed by atoms with Crippen molar-refractivity contribution in [3.63, 3.8) is 0 Å². The van der Waals surface area contributed by atoms with Gasteiger partial charge in [0, 0.05) is 13.7 Å². The molecular formula is C10H19NO. The Labute approximate surface area is 74.5 Å². The fourth-order valence-electron chi connectivity index (χ4n) is 3.28. The average Bonchev–Trinajstić information content (AvgIpc) is 2.64. The van der Waals surface area contributed by atoms with E-state index in [1.165, 1.54) is 32.1 Å². The van der Waals surface area contributed by atoms with Gasteiger partial charge >= 0.3 is 0 Å². The molecule has 2 nitrogen and oxygen atoms in total. The number of methoxy groups -OCH3 is 1. The number of ether oxygens (including phenoxy) is 1. The molecule has 3 unspecified atom stereocenters. The molecule has 2 heteroatoms. The Hall–Kier alpha value is -0.0800. The maximum Gasteiger partial charge on any atom is 0.0831 e. The highest BCUT2D eigenvalue weighted by Crippen LogP contribution is 2.50. The quantitative estimate of drug-likeness (QED) is 0.680. The molecule has 0 saturated heterocycles. The van der Waals surface area contributed by atoms with Gasteiger partial charge in [0.2, 0.25) is 0 Å². The van der Waals surface area contributed by atoms with Gasteiger partial charge in [-0.1, -0.05) is 12.8 Å². The van der Waals surface area contributed by atoms with Crippen molar-refractivity contribution in [2.75, 3.05) is 13.7 Å². The molecule has 70 valence electrons. The zero-order chi connectivity index (χ0) is 8.60. The molecule has 0 aromatic heterocycles. The lowest BCUT2D eigenvalue weighted by molar-refractivity contribution is -0.0369. The number of rotatable bonds is 2. The molecule has 0 aliphatic heterocycles. The molecule has 2 rings (SSSR count). The zero-order valence-corrected chi connectivity index (χ0v) is 7.88. The van der Waals surface area contributed by atoms with Gasteiger partial charge in [-0.15, -0.1) is 0 Å². The van der Waals surface area contributed by atoms with Crippen molar-refractivity contribution in [2.24, 2.45) is 17.6 Å². The van der Waals surface area contributed by atoms with Gasteiger partial charge < -0.3 is 10.5 Å². The van der Waals surface area contributed by atoms with Crippen LogP contribution in [0.15, 0.2) is 0 Å². The molecule has 0 spiro atoms. The molecule has 2 fully saturated rings. The highest BCUT2D eigenvalue weighted by Gasteiger charge is 2.49. The SMILES string of the molecule is COC1(CN)CCC2CCCC21. The van der Waals surface area contributed by atoms with Crippen LogP contribution in [0, 0.1) is 11.8 Å². The second kappa shape index (κ2) is 3.00. The van der Waals surface area contributed by atoms with E-state index in [2.05, 4.69) is 0 Å². The van der Waals surface area contributed by atoms with Crippen LogP contribution in [-0.2, 0) is 4.74 Å². The highest BCUT2D eigenvalue weighted by atomic mass is 16.5. The lowest BCUT2D eigenvalue weighted by Gasteiger charge is -2.32. The second-order valence-corrected chi connectivity index (χ2v) is 4.31. The summed E-state index contributed by atoms with van der Waals surface area (Å²) in [5.41, 5.74) is 5.87. The Morgan fingerprint density at radius 3 is 2.92 bits per heavy atom. The van der Waals surface area contributed by atoms with Crippen LogP contribution in [-0.4, -0.2) is 19.3 Å². The minimum Gasteiger partial charge on any atom is -0.377 e. The standard InChI is InChI=1S/C10H19NO/c1-12-10(7-11)6-5-8-3-2-4-9(8)10/h8-9H,2-7,11H2,1H3. The maximum absolute atomic E-state index is 5.81. The molecule has 12 heavy (non-hydrogen) atoms. The van der Waals surface area contributed by atoms with Crippen LogP contribution in [0.1, 0.15) is 32.1 Å². The van der Waals surface area contributed by atoms with Crippen molar-refractivity contribution in [1.29, 1.82) is 0 Å². The zero-order valence-electron chi connectivity index (χ0n) is 7.88. The van der Waals surface area contributed by atoms with Gasteiger partial charge in [0.05, 0.1) is 5.60 Å². The van der Waals surface area contributed by atoms with Crippen molar-refractivity contribution in [2.45, 2.75) is 37.7 Å². The van der Waals surface area contributed by atoms with E-state index in [9.17, 15) is 0 Å². The van der Waals surface area contributed by atoms with Crippen LogP contribution >= 0.6 is 0 Å². The van der Waals surface area contributed by atoms with Crippen LogP contribution in [0.4, 0.5) is 0 Å². The molecule has 2 saturated carbocycles. The molecule has 2 aliphatic rings. The van der Waals surface area contributed by atoms with Crippen molar-refractivity contribution >= 4 is 0 Å². The molecule has 0 radical (unpaired) electrons. The fourth-order valence-corrected chi connectivity index (χ4v) is 3.28. The molecule has 0 amide bonds. The molecule has 0 bridgehead atoms. The van der Waals surface area contributed by atoms with Crippen LogP contribution in [0.25, 0.3) is 0 Å². The van der Waals surface area contributed by atoms with Crippen LogP contribution in [0.2, 0.25) is 0 Å². The molecule has 3 atom stereocenters. The molecule has 2 N–H and O–H groups in total. The van der Waals surface area contributed by atoms with E-state index in [0.717, 1.165) is 11.8 Å². The summed E-state index contributed by atoms with van der Waals surface area (Å²) < 4.78 is 5.64. The molecule has 0 heterocycles. The summed E-state index contributed by atoms with van der Waals surface area (Å²) in [7, 11) is 1.83. The summed E-state index contributed by atoms with van der Waals surface area (Å²) >= 11 is 0. The third-order valence-corrected chi connectivity index (χ3v) is 4.03. The van der Waals surface area contributed by atoms with Crippen LogP contribution < -0.4 is 5.73 Å². The van der Waals surface area contributed by atoms with Gasteiger partial charge in [-0.2, -0.15) is 0 Å². The number of hydrogen-bond donors (Lipinski definition) is 1. The van der Waals surface area contributed by atoms with E-state index in [0.29, 0.717) is 6.54 Å². The van der Waals surface area contributed by atoms with E-state index in [1.807, 2.05) is 7.11 Å². The van der Waals surface area contributed by atoms with Gasteiger partial charge in [-0.25, -0.2) is 0 Å². The average molecular weight is 169 g/mol. The predicted octanol–water partition coefficient (Wildman–Crippen LogP) is 1.54. The Kier molecular flexibility index (Phi) is 2.13. The van der Waals surface area contributed by atoms with E-state index >= 15 is 0 Å². The van der Waals surface area contributed by atoms with Crippen LogP contribution in [0.3, 0.4) is 0 Å². The van der Waals surface area contributed by atoms with Gasteiger partial charge in [-0.3, -0.25) is 0 Å². The predicted molar refractivity (Wildman–Crippen MR) is 48.9 cm³/mol. The van der Waals surface area contributed by atoms with Gasteiger partial charge in [0.15, 0.2) is 0 Å². The van der Waals surface area contributed by atoms with Crippen molar-refractivity contribution in [3.8, 4) is 0 Å². The largest absolute Gasteiger partial charge is 0.377 e. The third kappa shape index (κ3) is 1.01.